The molecule has 0 radical (unpaired) electrons. The van der Waals surface area contributed by atoms with Crippen LogP contribution in [0.5, 0.6) is 5.75 Å². The van der Waals surface area contributed by atoms with Gasteiger partial charge in [0.2, 0.25) is 0 Å². The highest BCUT2D eigenvalue weighted by Gasteiger charge is 2.58. The summed E-state index contributed by atoms with van der Waals surface area (Å²) >= 11 is 0. The van der Waals surface area contributed by atoms with Gasteiger partial charge < -0.3 is 19.9 Å². The fourth-order valence-electron chi connectivity index (χ4n) is 9.42. The standard InChI is InChI=1S/C30H42F3NO4/c1-18(34-27(35)19-4-7-21(8-5-19)38-30(31,32)33)25-10-11-26-24-9-6-20-16-29(36,17-37-3)15-13-22(20)23(24)12-14-28(25,26)2/h4-5,7-8,18,20,22-26,36H,6,9-17H2,1-3H3,(H,34,35)/t18-,20-,22+,23-,24-,25-,26+,28-,29-/m1/s1. The summed E-state index contributed by atoms with van der Waals surface area (Å²) in [6, 6.07) is 5.10. The lowest BCUT2D eigenvalue weighted by atomic mass is 9.48. The van der Waals surface area contributed by atoms with Gasteiger partial charge in [-0.25, -0.2) is 0 Å². The average Bonchev–Trinajstić information content (AvgIpc) is 3.20. The van der Waals surface area contributed by atoms with Crippen molar-refractivity contribution < 1.29 is 32.5 Å². The van der Waals surface area contributed by atoms with Gasteiger partial charge in [-0.3, -0.25) is 4.79 Å². The Morgan fingerprint density at radius 2 is 1.76 bits per heavy atom. The average molecular weight is 538 g/mol. The van der Waals surface area contributed by atoms with E-state index in [4.69, 9.17) is 4.74 Å². The quantitative estimate of drug-likeness (QED) is 0.444. The minimum absolute atomic E-state index is 0.0183. The Hall–Kier alpha value is -1.80. The Morgan fingerprint density at radius 1 is 1.05 bits per heavy atom. The first-order valence-corrected chi connectivity index (χ1v) is 14.3. The van der Waals surface area contributed by atoms with Gasteiger partial charge in [-0.05, 0) is 130 Å². The van der Waals surface area contributed by atoms with Crippen LogP contribution in [-0.4, -0.2) is 42.7 Å². The molecule has 0 aliphatic heterocycles. The lowest BCUT2D eigenvalue weighted by Gasteiger charge is -2.57. The number of fused-ring (bicyclic) bond motifs is 5. The molecule has 4 aliphatic carbocycles. The summed E-state index contributed by atoms with van der Waals surface area (Å²) < 4.78 is 46.6. The molecule has 0 bridgehead atoms. The summed E-state index contributed by atoms with van der Waals surface area (Å²) in [6.07, 6.45) is 5.13. The van der Waals surface area contributed by atoms with Crippen LogP contribution in [0.4, 0.5) is 13.2 Å². The lowest BCUT2D eigenvalue weighted by molar-refractivity contribution is -0.274. The number of benzene rings is 1. The zero-order valence-corrected chi connectivity index (χ0v) is 22.7. The number of carbonyl (C=O) groups excluding carboxylic acids is 1. The fourth-order valence-corrected chi connectivity index (χ4v) is 9.42. The molecule has 0 unspecified atom stereocenters. The molecule has 212 valence electrons. The summed E-state index contributed by atoms with van der Waals surface area (Å²) in [5.41, 5.74) is -0.154. The van der Waals surface area contributed by atoms with Gasteiger partial charge in [0.25, 0.3) is 5.91 Å². The maximum absolute atomic E-state index is 13.0. The van der Waals surface area contributed by atoms with Crippen LogP contribution >= 0.6 is 0 Å². The first-order valence-electron chi connectivity index (χ1n) is 14.3. The zero-order chi connectivity index (χ0) is 27.3. The van der Waals surface area contributed by atoms with Crippen LogP contribution in [0.15, 0.2) is 24.3 Å². The second-order valence-electron chi connectivity index (χ2n) is 12.9. The summed E-state index contributed by atoms with van der Waals surface area (Å²) in [6.45, 7) is 4.95. The van der Waals surface area contributed by atoms with Crippen LogP contribution in [0.25, 0.3) is 0 Å². The fraction of sp³-hybridized carbons (Fsp3) is 0.767. The molecule has 0 heterocycles. The number of hydrogen-bond donors (Lipinski definition) is 2. The first kappa shape index (κ1) is 27.8. The molecule has 8 heteroatoms. The Morgan fingerprint density at radius 3 is 2.45 bits per heavy atom. The number of nitrogens with one attached hydrogen (secondary N) is 1. The van der Waals surface area contributed by atoms with Crippen LogP contribution in [0.2, 0.25) is 0 Å². The Kier molecular flexibility index (Phi) is 7.53. The Bertz CT molecular complexity index is 1000. The van der Waals surface area contributed by atoms with Crippen LogP contribution < -0.4 is 10.1 Å². The molecule has 1 aromatic carbocycles. The van der Waals surface area contributed by atoms with Gasteiger partial charge in [-0.2, -0.15) is 0 Å². The highest BCUT2D eigenvalue weighted by molar-refractivity contribution is 5.94. The van der Waals surface area contributed by atoms with E-state index in [-0.39, 0.29) is 23.1 Å². The molecule has 1 amide bonds. The first-order chi connectivity index (χ1) is 17.9. The van der Waals surface area contributed by atoms with E-state index in [0.717, 1.165) is 37.5 Å². The third-order valence-corrected chi connectivity index (χ3v) is 10.9. The van der Waals surface area contributed by atoms with Gasteiger partial charge in [0.05, 0.1) is 12.2 Å². The van der Waals surface area contributed by atoms with Crippen molar-refractivity contribution in [2.45, 2.75) is 89.6 Å². The normalized spacial score (nSPS) is 39.4. The third-order valence-electron chi connectivity index (χ3n) is 10.9. The molecule has 0 saturated heterocycles. The Labute approximate surface area is 223 Å². The van der Waals surface area contributed by atoms with E-state index < -0.39 is 12.0 Å². The van der Waals surface area contributed by atoms with Gasteiger partial charge in [0.15, 0.2) is 0 Å². The van der Waals surface area contributed by atoms with Crippen molar-refractivity contribution in [2.75, 3.05) is 13.7 Å². The summed E-state index contributed by atoms with van der Waals surface area (Å²) in [5.74, 6) is 3.20. The molecule has 4 aliphatic rings. The SMILES string of the molecule is COC[C@@]1(O)CC[C@H]2[C@H](CC[C@@H]3[C@@H]2CC[C@]2(C)[C@@H]([C@@H](C)NC(=O)c4ccc(OC(F)(F)F)cc4)CC[C@@H]32)C1. The second kappa shape index (κ2) is 10.3. The molecule has 4 saturated carbocycles. The van der Waals surface area contributed by atoms with Crippen molar-refractivity contribution in [3.63, 3.8) is 0 Å². The van der Waals surface area contributed by atoms with Gasteiger partial charge in [0.1, 0.15) is 5.75 Å². The van der Waals surface area contributed by atoms with E-state index in [2.05, 4.69) is 23.9 Å². The van der Waals surface area contributed by atoms with Crippen LogP contribution in [-0.2, 0) is 4.74 Å². The van der Waals surface area contributed by atoms with Gasteiger partial charge in [-0.15, -0.1) is 13.2 Å². The summed E-state index contributed by atoms with van der Waals surface area (Å²) in [5, 5.41) is 14.2. The van der Waals surface area contributed by atoms with Gasteiger partial charge in [0, 0.05) is 18.7 Å². The number of amides is 1. The molecule has 5 rings (SSSR count). The maximum atomic E-state index is 13.0. The predicted molar refractivity (Wildman–Crippen MR) is 137 cm³/mol. The van der Waals surface area contributed by atoms with Crippen molar-refractivity contribution in [3.05, 3.63) is 29.8 Å². The topological polar surface area (TPSA) is 67.8 Å². The molecule has 1 aromatic rings. The van der Waals surface area contributed by atoms with Gasteiger partial charge in [-0.1, -0.05) is 6.92 Å². The molecular formula is C30H42F3NO4. The summed E-state index contributed by atoms with van der Waals surface area (Å²) in [7, 11) is 1.67. The lowest BCUT2D eigenvalue weighted by Crippen LogP contribution is -2.53. The smallest absolute Gasteiger partial charge is 0.406 e. The number of alkyl halides is 3. The molecule has 2 N–H and O–H groups in total. The van der Waals surface area contributed by atoms with E-state index in [1.54, 1.807) is 7.11 Å². The van der Waals surface area contributed by atoms with E-state index in [1.807, 2.05) is 0 Å². The number of methoxy groups -OCH3 is 1. The monoisotopic (exact) mass is 537 g/mol. The van der Waals surface area contributed by atoms with E-state index in [9.17, 15) is 23.1 Å². The minimum Gasteiger partial charge on any atom is -0.406 e. The number of carbonyl (C=O) groups is 1. The van der Waals surface area contributed by atoms with Crippen molar-refractivity contribution >= 4 is 5.91 Å². The van der Waals surface area contributed by atoms with Crippen LogP contribution in [0.1, 0.15) is 82.0 Å². The number of ether oxygens (including phenoxy) is 2. The second-order valence-corrected chi connectivity index (χ2v) is 12.9. The Balaban J connectivity index is 1.22. The van der Waals surface area contributed by atoms with Crippen molar-refractivity contribution in [3.8, 4) is 5.75 Å². The molecule has 9 atom stereocenters. The van der Waals surface area contributed by atoms with Crippen molar-refractivity contribution in [1.29, 1.82) is 0 Å². The zero-order valence-electron chi connectivity index (χ0n) is 22.7. The number of aliphatic hydroxyl groups is 1. The molecule has 0 aromatic heterocycles. The van der Waals surface area contributed by atoms with Crippen LogP contribution in [0.3, 0.4) is 0 Å². The molecule has 5 nitrogen and oxygen atoms in total. The van der Waals surface area contributed by atoms with E-state index in [1.165, 1.54) is 56.4 Å². The number of rotatable bonds is 6. The number of hydrogen-bond acceptors (Lipinski definition) is 4. The third kappa shape index (κ3) is 5.32. The highest BCUT2D eigenvalue weighted by Crippen LogP contribution is 2.65. The summed E-state index contributed by atoms with van der Waals surface area (Å²) in [4.78, 5) is 13.0. The number of halogens is 3. The van der Waals surface area contributed by atoms with E-state index in [0.29, 0.717) is 35.8 Å². The molecular weight excluding hydrogens is 495 g/mol. The van der Waals surface area contributed by atoms with Crippen molar-refractivity contribution in [2.24, 2.45) is 40.9 Å². The van der Waals surface area contributed by atoms with Gasteiger partial charge >= 0.3 is 6.36 Å². The molecule has 38 heavy (non-hydrogen) atoms. The van der Waals surface area contributed by atoms with Crippen molar-refractivity contribution in [1.82, 2.24) is 5.32 Å². The predicted octanol–water partition coefficient (Wildman–Crippen LogP) is 6.35. The molecule has 4 fully saturated rings. The van der Waals surface area contributed by atoms with Crippen LogP contribution in [0, 0.1) is 40.9 Å². The largest absolute Gasteiger partial charge is 0.573 e. The molecule has 0 spiro atoms. The highest BCUT2D eigenvalue weighted by atomic mass is 19.4. The maximum Gasteiger partial charge on any atom is 0.573 e. The minimum atomic E-state index is -4.75. The van der Waals surface area contributed by atoms with E-state index >= 15 is 0 Å².